The normalized spacial score (nSPS) is 10.1. The molecule has 0 heterocycles. The third kappa shape index (κ3) is 4.99. The number of carbonyl (C=O) groups is 1. The average molecular weight is 270 g/mol. The summed E-state index contributed by atoms with van der Waals surface area (Å²) in [6.07, 6.45) is 0. The Hall–Kier alpha value is -2.04. The number of hydrogen-bond acceptors (Lipinski definition) is 2. The molecule has 0 saturated carbocycles. The zero-order chi connectivity index (χ0) is 14.5. The SMILES string of the molecule is CC(=O)N(CC#C[Si](C)(C)C)c1cccc(C#N)c1. The van der Waals surface area contributed by atoms with Gasteiger partial charge in [-0.15, -0.1) is 5.54 Å². The molecule has 1 rings (SSSR count). The second-order valence-corrected chi connectivity index (χ2v) is 10.1. The first kappa shape index (κ1) is 15.0. The quantitative estimate of drug-likeness (QED) is 0.612. The van der Waals surface area contributed by atoms with Gasteiger partial charge in [-0.25, -0.2) is 0 Å². The van der Waals surface area contributed by atoms with Gasteiger partial charge in [0.05, 0.1) is 18.2 Å². The first-order valence-electron chi connectivity index (χ1n) is 6.12. The largest absolute Gasteiger partial charge is 0.301 e. The van der Waals surface area contributed by atoms with Crippen LogP contribution in [-0.2, 0) is 4.79 Å². The molecule has 0 unspecified atom stereocenters. The fraction of sp³-hybridized carbons (Fsp3) is 0.333. The molecule has 1 amide bonds. The van der Waals surface area contributed by atoms with E-state index in [4.69, 9.17) is 5.26 Å². The Balaban J connectivity index is 2.98. The smallest absolute Gasteiger partial charge is 0.224 e. The van der Waals surface area contributed by atoms with Crippen LogP contribution in [0.3, 0.4) is 0 Å². The Kier molecular flexibility index (Phi) is 4.92. The van der Waals surface area contributed by atoms with Gasteiger partial charge in [-0.1, -0.05) is 31.6 Å². The summed E-state index contributed by atoms with van der Waals surface area (Å²) in [5.74, 6) is 3.01. The van der Waals surface area contributed by atoms with E-state index < -0.39 is 8.07 Å². The summed E-state index contributed by atoms with van der Waals surface area (Å²) < 4.78 is 0. The molecule has 0 bridgehead atoms. The van der Waals surface area contributed by atoms with Crippen molar-refractivity contribution in [1.29, 1.82) is 5.26 Å². The molecule has 0 aliphatic carbocycles. The van der Waals surface area contributed by atoms with E-state index >= 15 is 0 Å². The summed E-state index contributed by atoms with van der Waals surface area (Å²) in [5.41, 5.74) is 4.50. The molecule has 0 saturated heterocycles. The van der Waals surface area contributed by atoms with Crippen LogP contribution in [-0.4, -0.2) is 20.5 Å². The molecule has 19 heavy (non-hydrogen) atoms. The van der Waals surface area contributed by atoms with E-state index in [1.54, 1.807) is 23.1 Å². The molecule has 0 fully saturated rings. The van der Waals surface area contributed by atoms with E-state index in [9.17, 15) is 4.79 Å². The number of hydrogen-bond donors (Lipinski definition) is 0. The molecule has 0 aromatic heterocycles. The monoisotopic (exact) mass is 270 g/mol. The van der Waals surface area contributed by atoms with Crippen molar-refractivity contribution in [1.82, 2.24) is 0 Å². The molecular formula is C15H18N2OSi. The predicted octanol–water partition coefficient (Wildman–Crippen LogP) is 2.79. The highest BCUT2D eigenvalue weighted by atomic mass is 28.3. The lowest BCUT2D eigenvalue weighted by molar-refractivity contribution is -0.116. The van der Waals surface area contributed by atoms with Crippen LogP contribution in [0, 0.1) is 22.8 Å². The summed E-state index contributed by atoms with van der Waals surface area (Å²) in [6, 6.07) is 9.09. The molecule has 0 atom stereocenters. The molecule has 0 spiro atoms. The van der Waals surface area contributed by atoms with Gasteiger partial charge in [0, 0.05) is 12.6 Å². The van der Waals surface area contributed by atoms with E-state index in [1.807, 2.05) is 6.07 Å². The standard InChI is InChI=1S/C15H18N2OSi/c1-13(18)17(9-6-10-19(2,3)4)15-8-5-7-14(11-15)12-16/h5,7-8,11H,9H2,1-4H3. The first-order valence-corrected chi connectivity index (χ1v) is 9.62. The fourth-order valence-corrected chi connectivity index (χ4v) is 2.12. The Morgan fingerprint density at radius 3 is 2.58 bits per heavy atom. The molecule has 4 heteroatoms. The van der Waals surface area contributed by atoms with Gasteiger partial charge in [-0.2, -0.15) is 5.26 Å². The van der Waals surface area contributed by atoms with Gasteiger partial charge >= 0.3 is 0 Å². The highest BCUT2D eigenvalue weighted by Gasteiger charge is 2.11. The van der Waals surface area contributed by atoms with Crippen LogP contribution in [0.4, 0.5) is 5.69 Å². The zero-order valence-corrected chi connectivity index (χ0v) is 12.8. The average Bonchev–Trinajstić information content (AvgIpc) is 2.33. The van der Waals surface area contributed by atoms with Gasteiger partial charge in [0.25, 0.3) is 0 Å². The lowest BCUT2D eigenvalue weighted by Crippen LogP contribution is -2.29. The third-order valence-electron chi connectivity index (χ3n) is 2.37. The minimum absolute atomic E-state index is 0.0695. The van der Waals surface area contributed by atoms with Crippen molar-refractivity contribution in [3.05, 3.63) is 29.8 Å². The first-order chi connectivity index (χ1) is 8.83. The summed E-state index contributed by atoms with van der Waals surface area (Å²) in [4.78, 5) is 13.3. The van der Waals surface area contributed by atoms with Crippen molar-refractivity contribution in [2.24, 2.45) is 0 Å². The third-order valence-corrected chi connectivity index (χ3v) is 3.29. The predicted molar refractivity (Wildman–Crippen MR) is 80.3 cm³/mol. The molecule has 1 aromatic carbocycles. The highest BCUT2D eigenvalue weighted by molar-refractivity contribution is 6.83. The second-order valence-electron chi connectivity index (χ2n) is 5.32. The number of nitriles is 1. The molecule has 0 aliphatic heterocycles. The number of carbonyl (C=O) groups excluding carboxylic acids is 1. The maximum Gasteiger partial charge on any atom is 0.224 e. The van der Waals surface area contributed by atoms with Crippen LogP contribution in [0.1, 0.15) is 12.5 Å². The number of benzene rings is 1. The lowest BCUT2D eigenvalue weighted by Gasteiger charge is -2.18. The molecule has 0 N–H and O–H groups in total. The maximum absolute atomic E-state index is 11.7. The summed E-state index contributed by atoms with van der Waals surface area (Å²) in [6.45, 7) is 8.36. The highest BCUT2D eigenvalue weighted by Crippen LogP contribution is 2.15. The van der Waals surface area contributed by atoms with Crippen LogP contribution in [0.2, 0.25) is 19.6 Å². The van der Waals surface area contributed by atoms with Crippen LogP contribution in [0.5, 0.6) is 0 Å². The van der Waals surface area contributed by atoms with Gasteiger partial charge < -0.3 is 4.90 Å². The molecule has 98 valence electrons. The minimum Gasteiger partial charge on any atom is -0.301 e. The van der Waals surface area contributed by atoms with E-state index in [2.05, 4.69) is 37.2 Å². The topological polar surface area (TPSA) is 44.1 Å². The van der Waals surface area contributed by atoms with Crippen LogP contribution in [0.25, 0.3) is 0 Å². The van der Waals surface area contributed by atoms with Gasteiger partial charge in [-0.05, 0) is 18.2 Å². The van der Waals surface area contributed by atoms with Crippen LogP contribution < -0.4 is 4.90 Å². The van der Waals surface area contributed by atoms with Crippen molar-refractivity contribution in [3.63, 3.8) is 0 Å². The molecule has 1 aromatic rings. The van der Waals surface area contributed by atoms with Crippen molar-refractivity contribution >= 4 is 19.7 Å². The zero-order valence-electron chi connectivity index (χ0n) is 11.8. The fourth-order valence-electron chi connectivity index (χ4n) is 1.51. The Labute approximate surface area is 115 Å². The Morgan fingerprint density at radius 2 is 2.05 bits per heavy atom. The summed E-state index contributed by atoms with van der Waals surface area (Å²) >= 11 is 0. The maximum atomic E-state index is 11.7. The van der Waals surface area contributed by atoms with E-state index in [0.717, 1.165) is 5.69 Å². The molecule has 3 nitrogen and oxygen atoms in total. The van der Waals surface area contributed by atoms with E-state index in [1.165, 1.54) is 6.92 Å². The van der Waals surface area contributed by atoms with Gasteiger partial charge in [0.1, 0.15) is 8.07 Å². The molecular weight excluding hydrogens is 252 g/mol. The Morgan fingerprint density at radius 1 is 1.37 bits per heavy atom. The summed E-state index contributed by atoms with van der Waals surface area (Å²) in [7, 11) is -1.43. The molecule has 0 aliphatic rings. The number of rotatable bonds is 2. The van der Waals surface area contributed by atoms with Crippen LogP contribution >= 0.6 is 0 Å². The van der Waals surface area contributed by atoms with Crippen molar-refractivity contribution in [2.75, 3.05) is 11.4 Å². The van der Waals surface area contributed by atoms with E-state index in [-0.39, 0.29) is 5.91 Å². The van der Waals surface area contributed by atoms with Crippen molar-refractivity contribution < 1.29 is 4.79 Å². The van der Waals surface area contributed by atoms with Gasteiger partial charge in [0.2, 0.25) is 5.91 Å². The molecule has 0 radical (unpaired) electrons. The summed E-state index contributed by atoms with van der Waals surface area (Å²) in [5, 5.41) is 8.89. The second kappa shape index (κ2) is 6.22. The number of anilines is 1. The van der Waals surface area contributed by atoms with E-state index in [0.29, 0.717) is 12.1 Å². The number of amides is 1. The van der Waals surface area contributed by atoms with Gasteiger partial charge in [0.15, 0.2) is 0 Å². The van der Waals surface area contributed by atoms with Crippen LogP contribution in [0.15, 0.2) is 24.3 Å². The van der Waals surface area contributed by atoms with Crippen molar-refractivity contribution in [2.45, 2.75) is 26.6 Å². The lowest BCUT2D eigenvalue weighted by atomic mass is 10.2. The Bertz CT molecular complexity index is 570. The number of nitrogens with zero attached hydrogens (tertiary/aromatic N) is 2. The van der Waals surface area contributed by atoms with Gasteiger partial charge in [-0.3, -0.25) is 4.79 Å². The van der Waals surface area contributed by atoms with Crippen molar-refractivity contribution in [3.8, 4) is 17.5 Å². The minimum atomic E-state index is -1.43.